The van der Waals surface area contributed by atoms with Crippen LogP contribution in [-0.4, -0.2) is 108 Å². The van der Waals surface area contributed by atoms with Crippen LogP contribution in [0.1, 0.15) is 19.8 Å². The Hall–Kier alpha value is -1.36. The maximum absolute atomic E-state index is 13.3. The molecule has 4 aliphatic rings. The van der Waals surface area contributed by atoms with Gasteiger partial charge in [-0.15, -0.1) is 11.8 Å². The number of aliphatic hydroxyl groups is 1. The zero-order chi connectivity index (χ0) is 21.3. The first kappa shape index (κ1) is 21.9. The lowest BCUT2D eigenvalue weighted by Crippen LogP contribution is -2.54. The van der Waals surface area contributed by atoms with E-state index in [4.69, 9.17) is 9.47 Å². The van der Waals surface area contributed by atoms with E-state index in [1.165, 1.54) is 4.90 Å². The number of hydrogen-bond acceptors (Lipinski definition) is 8. The Balaban J connectivity index is 1.50. The maximum Gasteiger partial charge on any atom is 0.310 e. The van der Waals surface area contributed by atoms with Gasteiger partial charge in [0.2, 0.25) is 11.8 Å². The van der Waals surface area contributed by atoms with Crippen molar-refractivity contribution in [2.45, 2.75) is 35.8 Å². The average Bonchev–Trinajstić information content (AvgIpc) is 3.37. The minimum Gasteiger partial charge on any atom is -0.466 e. The molecular weight excluding hydrogens is 410 g/mol. The summed E-state index contributed by atoms with van der Waals surface area (Å²) in [7, 11) is 0. The number of likely N-dealkylation sites (tertiary alicyclic amines) is 1. The fraction of sp³-hybridized carbons (Fsp3) is 0.850. The molecule has 2 bridgehead atoms. The summed E-state index contributed by atoms with van der Waals surface area (Å²) in [6, 6.07) is -0.665. The highest BCUT2D eigenvalue weighted by Gasteiger charge is 2.73. The fourth-order valence-corrected chi connectivity index (χ4v) is 7.77. The van der Waals surface area contributed by atoms with Gasteiger partial charge in [-0.1, -0.05) is 0 Å². The molecule has 0 aromatic rings. The second-order valence-electron chi connectivity index (χ2n) is 8.31. The van der Waals surface area contributed by atoms with Gasteiger partial charge in [-0.2, -0.15) is 0 Å². The number of amides is 2. The van der Waals surface area contributed by atoms with E-state index < -0.39 is 22.6 Å². The number of nitrogens with one attached hydrogen (secondary N) is 1. The van der Waals surface area contributed by atoms with Crippen molar-refractivity contribution in [2.24, 2.45) is 11.8 Å². The first-order valence-corrected chi connectivity index (χ1v) is 11.7. The van der Waals surface area contributed by atoms with E-state index >= 15 is 0 Å². The summed E-state index contributed by atoms with van der Waals surface area (Å²) in [6.45, 7) is 6.22. The summed E-state index contributed by atoms with van der Waals surface area (Å²) >= 11 is 1.61. The minimum atomic E-state index is -0.665. The monoisotopic (exact) mass is 441 g/mol. The third-order valence-corrected chi connectivity index (χ3v) is 8.73. The number of thioether (sulfide) groups is 1. The van der Waals surface area contributed by atoms with Gasteiger partial charge in [0.15, 0.2) is 0 Å². The first-order valence-electron chi connectivity index (χ1n) is 10.9. The maximum atomic E-state index is 13.3. The highest BCUT2D eigenvalue weighted by molar-refractivity contribution is 8.02. The molecule has 4 heterocycles. The third-order valence-electron chi connectivity index (χ3n) is 6.78. The molecular formula is C20H31N3O6S. The highest BCUT2D eigenvalue weighted by Crippen LogP contribution is 2.66. The van der Waals surface area contributed by atoms with Crippen LogP contribution in [0.3, 0.4) is 0 Å². The zero-order valence-corrected chi connectivity index (χ0v) is 18.2. The third kappa shape index (κ3) is 3.61. The summed E-state index contributed by atoms with van der Waals surface area (Å²) in [5, 5.41) is 12.6. The van der Waals surface area contributed by atoms with Crippen molar-refractivity contribution in [1.82, 2.24) is 15.1 Å². The molecule has 5 atom stereocenters. The molecule has 4 fully saturated rings. The Morgan fingerprint density at radius 1 is 1.33 bits per heavy atom. The Kier molecular flexibility index (Phi) is 6.57. The molecule has 0 aromatic carbocycles. The van der Waals surface area contributed by atoms with E-state index in [9.17, 15) is 19.5 Å². The lowest BCUT2D eigenvalue weighted by atomic mass is 9.71. The van der Waals surface area contributed by atoms with Gasteiger partial charge < -0.3 is 24.8 Å². The number of morpholine rings is 1. The number of hydrogen-bond donors (Lipinski definition) is 2. The molecule has 30 heavy (non-hydrogen) atoms. The molecule has 4 aliphatic heterocycles. The molecule has 0 radical (unpaired) electrons. The van der Waals surface area contributed by atoms with Gasteiger partial charge in [0, 0.05) is 38.0 Å². The Labute approximate surface area is 180 Å². The van der Waals surface area contributed by atoms with Crippen LogP contribution in [0.4, 0.5) is 0 Å². The predicted molar refractivity (Wildman–Crippen MR) is 110 cm³/mol. The van der Waals surface area contributed by atoms with Gasteiger partial charge in [-0.3, -0.25) is 19.3 Å². The van der Waals surface area contributed by atoms with Crippen LogP contribution in [0.5, 0.6) is 0 Å². The Morgan fingerprint density at radius 3 is 2.80 bits per heavy atom. The van der Waals surface area contributed by atoms with Crippen LogP contribution in [0, 0.1) is 11.8 Å². The van der Waals surface area contributed by atoms with Gasteiger partial charge >= 0.3 is 5.97 Å². The number of ether oxygens (including phenoxy) is 2. The van der Waals surface area contributed by atoms with Crippen LogP contribution in [0.25, 0.3) is 0 Å². The SMILES string of the molecule is CCOC(=O)[C@@H]1[C@@H]2CCC3(S2)C(C(=O)NCCN2CCOCC2)N(CCO)C(=O)[C@H]13. The van der Waals surface area contributed by atoms with E-state index in [1.807, 2.05) is 0 Å². The molecule has 9 nitrogen and oxygen atoms in total. The summed E-state index contributed by atoms with van der Waals surface area (Å²) in [5.74, 6) is -1.80. The molecule has 4 saturated heterocycles. The standard InChI is InChI=1S/C20H31N3O6S/c1-2-29-19(27)14-13-3-4-20(30-13)15(14)18(26)23(7-10-24)16(20)17(25)21-5-6-22-8-11-28-12-9-22/h13-16,24H,2-12H2,1H3,(H,21,25)/t13-,14+,15-,16?,20?/m0/s1. The summed E-state index contributed by atoms with van der Waals surface area (Å²) in [5.41, 5.74) is 0. The van der Waals surface area contributed by atoms with Gasteiger partial charge in [0.25, 0.3) is 0 Å². The van der Waals surface area contributed by atoms with E-state index in [2.05, 4.69) is 10.2 Å². The summed E-state index contributed by atoms with van der Waals surface area (Å²) < 4.78 is 10.0. The number of carbonyl (C=O) groups excluding carboxylic acids is 3. The van der Waals surface area contributed by atoms with E-state index in [0.717, 1.165) is 32.5 Å². The van der Waals surface area contributed by atoms with Crippen molar-refractivity contribution in [3.05, 3.63) is 0 Å². The molecule has 10 heteroatoms. The second-order valence-corrected chi connectivity index (χ2v) is 9.91. The minimum absolute atomic E-state index is 0.0120. The van der Waals surface area contributed by atoms with Crippen molar-refractivity contribution in [3.8, 4) is 0 Å². The Bertz CT molecular complexity index is 687. The molecule has 4 rings (SSSR count). The highest BCUT2D eigenvalue weighted by atomic mass is 32.2. The molecule has 0 aromatic heterocycles. The summed E-state index contributed by atoms with van der Waals surface area (Å²) in [4.78, 5) is 43.0. The molecule has 2 unspecified atom stereocenters. The second kappa shape index (κ2) is 9.02. The molecule has 2 amide bonds. The zero-order valence-electron chi connectivity index (χ0n) is 17.4. The molecule has 168 valence electrons. The van der Waals surface area contributed by atoms with Crippen LogP contribution < -0.4 is 5.32 Å². The van der Waals surface area contributed by atoms with Crippen LogP contribution in [0.15, 0.2) is 0 Å². The van der Waals surface area contributed by atoms with Crippen LogP contribution in [-0.2, 0) is 23.9 Å². The number of aliphatic hydroxyl groups excluding tert-OH is 1. The number of nitrogens with zero attached hydrogens (tertiary/aromatic N) is 2. The first-order chi connectivity index (χ1) is 14.5. The largest absolute Gasteiger partial charge is 0.466 e. The van der Waals surface area contributed by atoms with Crippen molar-refractivity contribution in [3.63, 3.8) is 0 Å². The predicted octanol–water partition coefficient (Wildman–Crippen LogP) is -0.919. The van der Waals surface area contributed by atoms with Gasteiger partial charge in [0.05, 0.1) is 43.0 Å². The van der Waals surface area contributed by atoms with Crippen molar-refractivity contribution >= 4 is 29.5 Å². The van der Waals surface area contributed by atoms with Crippen LogP contribution in [0.2, 0.25) is 0 Å². The number of carbonyl (C=O) groups is 3. The topological polar surface area (TPSA) is 108 Å². The van der Waals surface area contributed by atoms with E-state index in [-0.39, 0.29) is 42.8 Å². The molecule has 2 N–H and O–H groups in total. The number of β-amino-alcohol motifs (C(OH)–C–C–N with tert-alkyl or cyclic N) is 1. The van der Waals surface area contributed by atoms with E-state index in [1.54, 1.807) is 18.7 Å². The number of esters is 1. The lowest BCUT2D eigenvalue weighted by Gasteiger charge is -2.34. The van der Waals surface area contributed by atoms with Crippen LogP contribution >= 0.6 is 11.8 Å². The van der Waals surface area contributed by atoms with E-state index in [0.29, 0.717) is 19.8 Å². The lowest BCUT2D eigenvalue weighted by molar-refractivity contribution is -0.153. The normalized spacial score (nSPS) is 35.5. The van der Waals surface area contributed by atoms with Gasteiger partial charge in [0.1, 0.15) is 6.04 Å². The molecule has 1 spiro atoms. The molecule has 0 saturated carbocycles. The Morgan fingerprint density at radius 2 is 2.10 bits per heavy atom. The van der Waals surface area contributed by atoms with Crippen molar-refractivity contribution in [2.75, 3.05) is 59.2 Å². The van der Waals surface area contributed by atoms with Gasteiger partial charge in [-0.05, 0) is 19.8 Å². The number of rotatable bonds is 8. The number of fused-ring (bicyclic) bond motifs is 1. The van der Waals surface area contributed by atoms with Crippen molar-refractivity contribution in [1.29, 1.82) is 0 Å². The quantitative estimate of drug-likeness (QED) is 0.466. The smallest absolute Gasteiger partial charge is 0.310 e. The fourth-order valence-electron chi connectivity index (χ4n) is 5.57. The molecule has 0 aliphatic carbocycles. The van der Waals surface area contributed by atoms with Crippen molar-refractivity contribution < 1.29 is 29.0 Å². The average molecular weight is 442 g/mol. The van der Waals surface area contributed by atoms with Gasteiger partial charge in [-0.25, -0.2) is 0 Å². The summed E-state index contributed by atoms with van der Waals surface area (Å²) in [6.07, 6.45) is 1.51.